The van der Waals surface area contributed by atoms with E-state index in [2.05, 4.69) is 47.0 Å². The highest BCUT2D eigenvalue weighted by molar-refractivity contribution is 9.10. The number of carboxylic acid groups (broad SMARTS) is 1. The Bertz CT molecular complexity index is 808. The number of halogens is 1. The van der Waals surface area contributed by atoms with E-state index in [1.165, 1.54) is 0 Å². The van der Waals surface area contributed by atoms with Crippen LogP contribution in [0.1, 0.15) is 54.9 Å². The van der Waals surface area contributed by atoms with Crippen LogP contribution in [0.15, 0.2) is 22.7 Å². The zero-order valence-electron chi connectivity index (χ0n) is 17.4. The summed E-state index contributed by atoms with van der Waals surface area (Å²) >= 11 is 3.45. The predicted molar refractivity (Wildman–Crippen MR) is 118 cm³/mol. The zero-order valence-corrected chi connectivity index (χ0v) is 20.0. The minimum absolute atomic E-state index is 0.0357. The second-order valence-electron chi connectivity index (χ2n) is 8.87. The van der Waals surface area contributed by atoms with E-state index in [-0.39, 0.29) is 11.8 Å². The second kappa shape index (κ2) is 9.41. The van der Waals surface area contributed by atoms with Crippen molar-refractivity contribution in [3.05, 3.63) is 33.8 Å². The van der Waals surface area contributed by atoms with Crippen molar-refractivity contribution >= 4 is 36.1 Å². The summed E-state index contributed by atoms with van der Waals surface area (Å²) in [6.07, 6.45) is 2.61. The van der Waals surface area contributed by atoms with Gasteiger partial charge in [0.2, 0.25) is 0 Å². The van der Waals surface area contributed by atoms with E-state index in [1.54, 1.807) is 18.2 Å². The first-order chi connectivity index (χ1) is 13.5. The number of nitrogens with zero attached hydrogens (tertiary/aromatic N) is 1. The Morgan fingerprint density at radius 1 is 1.38 bits per heavy atom. The molecule has 1 aromatic rings. The van der Waals surface area contributed by atoms with E-state index in [9.17, 15) is 9.59 Å². The molecule has 6 nitrogen and oxygen atoms in total. The maximum Gasteiger partial charge on any atom is 0.404 e. The summed E-state index contributed by atoms with van der Waals surface area (Å²) in [5, 5.41) is 20.5. The van der Waals surface area contributed by atoms with Crippen molar-refractivity contribution in [3.8, 4) is 6.07 Å². The fourth-order valence-corrected chi connectivity index (χ4v) is 6.15. The van der Waals surface area contributed by atoms with Gasteiger partial charge in [-0.1, -0.05) is 0 Å². The monoisotopic (exact) mass is 480 g/mol. The first-order valence-electron chi connectivity index (χ1n) is 9.90. The van der Waals surface area contributed by atoms with Crippen LogP contribution in [-0.2, 0) is 4.43 Å². The number of amides is 1. The zero-order chi connectivity index (χ0) is 21.8. The van der Waals surface area contributed by atoms with E-state index in [1.807, 2.05) is 6.92 Å². The molecule has 1 fully saturated rings. The van der Waals surface area contributed by atoms with Crippen LogP contribution in [0, 0.1) is 17.2 Å². The highest BCUT2D eigenvalue weighted by atomic mass is 79.9. The van der Waals surface area contributed by atoms with E-state index < -0.39 is 20.0 Å². The molecular formula is C21H29BrN2O4Si. The number of ketones is 1. The molecule has 1 aliphatic rings. The third kappa shape index (κ3) is 6.39. The molecule has 1 saturated carbocycles. The van der Waals surface area contributed by atoms with Gasteiger partial charge in [0.25, 0.3) is 0 Å². The summed E-state index contributed by atoms with van der Waals surface area (Å²) in [5.41, 5.74) is 0.181. The van der Waals surface area contributed by atoms with Gasteiger partial charge in [0.05, 0.1) is 11.6 Å². The molecule has 0 bridgehead atoms. The fraction of sp³-hybridized carbons (Fsp3) is 0.571. The van der Waals surface area contributed by atoms with Crippen LogP contribution in [0.5, 0.6) is 0 Å². The average molecular weight is 481 g/mol. The first-order valence-corrected chi connectivity index (χ1v) is 14.1. The number of Topliss-reactive ketones (excluding diaryl/α,β-unsaturated/α-hetero) is 1. The topological polar surface area (TPSA) is 99.4 Å². The van der Waals surface area contributed by atoms with Gasteiger partial charge in [-0.15, -0.1) is 0 Å². The molecule has 1 amide bonds. The van der Waals surface area contributed by atoms with Crippen LogP contribution in [0.4, 0.5) is 4.79 Å². The minimum atomic E-state index is -2.00. The van der Waals surface area contributed by atoms with E-state index >= 15 is 0 Å². The van der Waals surface area contributed by atoms with Gasteiger partial charge in [-0.05, 0) is 98.7 Å². The van der Waals surface area contributed by atoms with Crippen molar-refractivity contribution in [2.75, 3.05) is 0 Å². The molecular weight excluding hydrogens is 452 g/mol. The summed E-state index contributed by atoms with van der Waals surface area (Å²) < 4.78 is 7.12. The molecule has 8 heteroatoms. The Morgan fingerprint density at radius 2 is 2.00 bits per heavy atom. The normalized spacial score (nSPS) is 23.1. The Morgan fingerprint density at radius 3 is 2.48 bits per heavy atom. The number of hydrogen-bond donors (Lipinski definition) is 2. The summed E-state index contributed by atoms with van der Waals surface area (Å²) in [7, 11) is -2.00. The molecule has 2 rings (SSSR count). The third-order valence-electron chi connectivity index (χ3n) is 5.23. The van der Waals surface area contributed by atoms with Gasteiger partial charge in [0, 0.05) is 16.1 Å². The average Bonchev–Trinajstić information content (AvgIpc) is 2.61. The molecule has 0 aliphatic heterocycles. The number of carbonyl (C=O) groups excluding carboxylic acids is 1. The van der Waals surface area contributed by atoms with Crippen LogP contribution in [0.3, 0.4) is 0 Å². The lowest BCUT2D eigenvalue weighted by Crippen LogP contribution is -2.51. The second-order valence-corrected chi connectivity index (χ2v) is 14.2. The van der Waals surface area contributed by atoms with Gasteiger partial charge in [-0.3, -0.25) is 4.79 Å². The summed E-state index contributed by atoms with van der Waals surface area (Å²) in [4.78, 5) is 24.4. The maximum absolute atomic E-state index is 13.6. The van der Waals surface area contributed by atoms with Crippen LogP contribution < -0.4 is 5.32 Å². The van der Waals surface area contributed by atoms with Crippen LogP contribution in [-0.4, -0.2) is 36.9 Å². The van der Waals surface area contributed by atoms with E-state index in [0.29, 0.717) is 34.4 Å². The summed E-state index contributed by atoms with van der Waals surface area (Å²) in [6.45, 7) is 8.12. The van der Waals surface area contributed by atoms with Crippen molar-refractivity contribution in [1.29, 1.82) is 5.26 Å². The highest BCUT2D eigenvalue weighted by Gasteiger charge is 2.46. The lowest BCUT2D eigenvalue weighted by molar-refractivity contribution is 0.0125. The maximum atomic E-state index is 13.6. The molecule has 0 radical (unpaired) electrons. The number of carbonyl (C=O) groups is 2. The van der Waals surface area contributed by atoms with Crippen molar-refractivity contribution in [3.63, 3.8) is 0 Å². The number of nitrogens with one attached hydrogen (secondary N) is 1. The third-order valence-corrected chi connectivity index (χ3v) is 6.89. The Labute approximate surface area is 181 Å². The van der Waals surface area contributed by atoms with E-state index in [4.69, 9.17) is 14.8 Å². The predicted octanol–water partition coefficient (Wildman–Crippen LogP) is 5.33. The molecule has 0 spiro atoms. The minimum Gasteiger partial charge on any atom is -0.465 e. The van der Waals surface area contributed by atoms with Crippen LogP contribution in [0.2, 0.25) is 19.6 Å². The first kappa shape index (κ1) is 23.6. The molecule has 0 heterocycles. The lowest BCUT2D eigenvalue weighted by atomic mass is 9.73. The Kier molecular flexibility index (Phi) is 7.66. The molecule has 158 valence electrons. The van der Waals surface area contributed by atoms with Gasteiger partial charge in [-0.2, -0.15) is 5.26 Å². The molecule has 1 aliphatic carbocycles. The molecule has 1 unspecified atom stereocenters. The highest BCUT2D eigenvalue weighted by Crippen LogP contribution is 2.41. The van der Waals surface area contributed by atoms with Gasteiger partial charge >= 0.3 is 6.09 Å². The van der Waals surface area contributed by atoms with Crippen molar-refractivity contribution in [2.24, 2.45) is 5.92 Å². The van der Waals surface area contributed by atoms with Crippen molar-refractivity contribution < 1.29 is 19.1 Å². The largest absolute Gasteiger partial charge is 0.465 e. The fourth-order valence-electron chi connectivity index (χ4n) is 4.13. The number of nitriles is 1. The SMILES string of the molecule is CC(CC1CCC(O[Si](C)(C)C)(C(=O)c2ccc(C#N)cc2Br)CC1)NC(=O)O. The quantitative estimate of drug-likeness (QED) is 0.405. The number of rotatable bonds is 7. The summed E-state index contributed by atoms with van der Waals surface area (Å²) in [6, 6.07) is 6.99. The Hall–Kier alpha value is -1.69. The molecule has 2 N–H and O–H groups in total. The van der Waals surface area contributed by atoms with Crippen LogP contribution >= 0.6 is 15.9 Å². The lowest BCUT2D eigenvalue weighted by Gasteiger charge is -2.43. The van der Waals surface area contributed by atoms with Crippen molar-refractivity contribution in [1.82, 2.24) is 5.32 Å². The Balaban J connectivity index is 2.22. The summed E-state index contributed by atoms with van der Waals surface area (Å²) in [5.74, 6) is 0.318. The molecule has 0 saturated heterocycles. The number of benzene rings is 1. The van der Waals surface area contributed by atoms with Crippen LogP contribution in [0.25, 0.3) is 0 Å². The van der Waals surface area contributed by atoms with Gasteiger partial charge < -0.3 is 14.8 Å². The smallest absolute Gasteiger partial charge is 0.404 e. The number of hydrogen-bond acceptors (Lipinski definition) is 4. The van der Waals surface area contributed by atoms with Gasteiger partial charge in [0.1, 0.15) is 5.60 Å². The van der Waals surface area contributed by atoms with Gasteiger partial charge in [0.15, 0.2) is 14.1 Å². The standard InChI is InChI=1S/C21H29BrN2O4Si/c1-14(24-20(26)27)11-15-7-9-21(10-8-15,28-29(2,3)4)19(25)17-6-5-16(13-23)12-18(17)22/h5-6,12,14-15,24H,7-11H2,1-4H3,(H,26,27). The van der Waals surface area contributed by atoms with Crippen molar-refractivity contribution in [2.45, 2.75) is 70.3 Å². The molecule has 1 atom stereocenters. The molecule has 0 aromatic heterocycles. The van der Waals surface area contributed by atoms with Gasteiger partial charge in [-0.25, -0.2) is 4.79 Å². The van der Waals surface area contributed by atoms with E-state index in [0.717, 1.165) is 19.3 Å². The molecule has 1 aromatic carbocycles. The molecule has 29 heavy (non-hydrogen) atoms.